The number of rotatable bonds is 3. The first-order valence-electron chi connectivity index (χ1n) is 6.45. The first-order chi connectivity index (χ1) is 9.99. The van der Waals surface area contributed by atoms with E-state index in [-0.39, 0.29) is 6.61 Å². The summed E-state index contributed by atoms with van der Waals surface area (Å²) in [6.07, 6.45) is -3.39. The molecule has 21 heavy (non-hydrogen) atoms. The maximum absolute atomic E-state index is 11.0. The molecule has 1 heterocycles. The zero-order valence-corrected chi connectivity index (χ0v) is 11.4. The zero-order valence-electron chi connectivity index (χ0n) is 11.4. The molecule has 1 unspecified atom stereocenters. The minimum absolute atomic E-state index is 0.119. The molecular weight excluding hydrogens is 278 g/mol. The Labute approximate surface area is 121 Å². The third-order valence-corrected chi connectivity index (χ3v) is 3.01. The lowest BCUT2D eigenvalue weighted by atomic mass is 10.0. The number of aliphatic imine (C=N–C) groups is 1. The van der Waals surface area contributed by atoms with Crippen LogP contribution in [0.1, 0.15) is 12.5 Å². The second-order valence-electron chi connectivity index (χ2n) is 4.68. The first-order valence-corrected chi connectivity index (χ1v) is 6.45. The second kappa shape index (κ2) is 6.77. The van der Waals surface area contributed by atoms with Gasteiger partial charge in [0.25, 0.3) is 0 Å². The quantitative estimate of drug-likeness (QED) is 0.393. The Morgan fingerprint density at radius 3 is 2.76 bits per heavy atom. The molecule has 1 fully saturated rings. The number of aliphatic hydroxyl groups excluding tert-OH is 3. The van der Waals surface area contributed by atoms with E-state index >= 15 is 0 Å². The highest BCUT2D eigenvalue weighted by molar-refractivity contribution is 5.85. The molecule has 1 aliphatic rings. The largest absolute Gasteiger partial charge is 0.426 e. The molecule has 0 bridgehead atoms. The van der Waals surface area contributed by atoms with E-state index in [1.54, 1.807) is 24.3 Å². The van der Waals surface area contributed by atoms with Crippen LogP contribution < -0.4 is 4.74 Å². The highest BCUT2D eigenvalue weighted by atomic mass is 16.5. The predicted molar refractivity (Wildman–Crippen MR) is 73.1 cm³/mol. The van der Waals surface area contributed by atoms with Gasteiger partial charge >= 0.3 is 5.97 Å². The molecule has 0 aliphatic carbocycles. The number of carbonyl (C=O) groups is 1. The number of esters is 1. The molecule has 7 nitrogen and oxygen atoms in total. The van der Waals surface area contributed by atoms with Crippen molar-refractivity contribution in [2.45, 2.75) is 31.5 Å². The summed E-state index contributed by atoms with van der Waals surface area (Å²) < 4.78 is 10.2. The summed E-state index contributed by atoms with van der Waals surface area (Å²) in [6, 6.07) is 6.74. The number of carbonyl (C=O) groups excluding carboxylic acids is 1. The van der Waals surface area contributed by atoms with Crippen LogP contribution in [0.5, 0.6) is 5.75 Å². The van der Waals surface area contributed by atoms with Crippen molar-refractivity contribution in [2.24, 2.45) is 4.99 Å². The van der Waals surface area contributed by atoms with Gasteiger partial charge in [0, 0.05) is 18.7 Å². The molecule has 0 amide bonds. The van der Waals surface area contributed by atoms with Gasteiger partial charge in [-0.2, -0.15) is 0 Å². The standard InChI is InChI=1S/C14H17NO6/c1-8(16)21-11-5-3-2-4-9(11)6-15-14-13(19)12(18)10(17)7-20-14/h2-6,10,12-14,17-19H,7H2,1H3/t10-,12+,13+,14?/m1/s1. The molecule has 4 atom stereocenters. The average molecular weight is 295 g/mol. The smallest absolute Gasteiger partial charge is 0.308 e. The summed E-state index contributed by atoms with van der Waals surface area (Å²) in [5.74, 6) is -0.122. The van der Waals surface area contributed by atoms with Crippen LogP contribution in [0.3, 0.4) is 0 Å². The van der Waals surface area contributed by atoms with Crippen molar-refractivity contribution in [1.82, 2.24) is 0 Å². The Balaban J connectivity index is 2.12. The van der Waals surface area contributed by atoms with Gasteiger partial charge in [-0.3, -0.25) is 9.79 Å². The van der Waals surface area contributed by atoms with E-state index in [9.17, 15) is 20.1 Å². The van der Waals surface area contributed by atoms with E-state index in [1.165, 1.54) is 13.1 Å². The number of hydrogen-bond acceptors (Lipinski definition) is 7. The molecule has 0 aromatic heterocycles. The normalized spacial score (nSPS) is 29.5. The van der Waals surface area contributed by atoms with Gasteiger partial charge in [-0.15, -0.1) is 0 Å². The highest BCUT2D eigenvalue weighted by Crippen LogP contribution is 2.19. The van der Waals surface area contributed by atoms with Gasteiger partial charge in [0.15, 0.2) is 6.23 Å². The summed E-state index contributed by atoms with van der Waals surface area (Å²) in [5.41, 5.74) is 0.532. The Morgan fingerprint density at radius 2 is 2.05 bits per heavy atom. The minimum atomic E-state index is -1.33. The summed E-state index contributed by atoms with van der Waals surface area (Å²) >= 11 is 0. The Morgan fingerprint density at radius 1 is 1.33 bits per heavy atom. The van der Waals surface area contributed by atoms with E-state index in [0.29, 0.717) is 11.3 Å². The van der Waals surface area contributed by atoms with Gasteiger partial charge in [-0.05, 0) is 12.1 Å². The fraction of sp³-hybridized carbons (Fsp3) is 0.429. The molecule has 0 radical (unpaired) electrons. The number of nitrogens with zero attached hydrogens (tertiary/aromatic N) is 1. The Kier molecular flexibility index (Phi) is 5.03. The minimum Gasteiger partial charge on any atom is -0.426 e. The van der Waals surface area contributed by atoms with E-state index in [0.717, 1.165) is 0 Å². The average Bonchev–Trinajstić information content (AvgIpc) is 2.45. The van der Waals surface area contributed by atoms with Crippen molar-refractivity contribution < 1.29 is 29.6 Å². The fourth-order valence-corrected chi connectivity index (χ4v) is 1.91. The molecule has 1 aromatic rings. The summed E-state index contributed by atoms with van der Waals surface area (Å²) in [7, 11) is 0. The fourth-order valence-electron chi connectivity index (χ4n) is 1.91. The molecular formula is C14H17NO6. The lowest BCUT2D eigenvalue weighted by Crippen LogP contribution is -2.52. The topological polar surface area (TPSA) is 109 Å². The Bertz CT molecular complexity index is 532. The van der Waals surface area contributed by atoms with Gasteiger partial charge in [0.05, 0.1) is 6.61 Å². The molecule has 1 aromatic carbocycles. The zero-order chi connectivity index (χ0) is 15.4. The van der Waals surface area contributed by atoms with Crippen LogP contribution in [0.4, 0.5) is 0 Å². The lowest BCUT2D eigenvalue weighted by Gasteiger charge is -2.32. The molecule has 2 rings (SSSR count). The Hall–Kier alpha value is -1.80. The van der Waals surface area contributed by atoms with Crippen molar-refractivity contribution in [3.63, 3.8) is 0 Å². The van der Waals surface area contributed by atoms with Crippen LogP contribution in [0, 0.1) is 0 Å². The lowest BCUT2D eigenvalue weighted by molar-refractivity contribution is -0.183. The summed E-state index contributed by atoms with van der Waals surface area (Å²) in [5, 5.41) is 28.7. The molecule has 7 heteroatoms. The number of aliphatic hydroxyl groups is 3. The van der Waals surface area contributed by atoms with Crippen molar-refractivity contribution >= 4 is 12.2 Å². The van der Waals surface area contributed by atoms with Crippen molar-refractivity contribution in [1.29, 1.82) is 0 Å². The van der Waals surface area contributed by atoms with Crippen LogP contribution in [-0.2, 0) is 9.53 Å². The van der Waals surface area contributed by atoms with Crippen LogP contribution in [0.2, 0.25) is 0 Å². The van der Waals surface area contributed by atoms with Gasteiger partial charge in [-0.25, -0.2) is 0 Å². The molecule has 114 valence electrons. The van der Waals surface area contributed by atoms with Crippen LogP contribution in [0.15, 0.2) is 29.3 Å². The predicted octanol–water partition coefficient (Wildman–Crippen LogP) is -0.530. The molecule has 0 saturated carbocycles. The first kappa shape index (κ1) is 15.6. The van der Waals surface area contributed by atoms with E-state index < -0.39 is 30.5 Å². The number of para-hydroxylation sites is 1. The van der Waals surface area contributed by atoms with Crippen molar-refractivity contribution in [3.8, 4) is 5.75 Å². The van der Waals surface area contributed by atoms with Gasteiger partial charge in [0.1, 0.15) is 24.1 Å². The number of ether oxygens (including phenoxy) is 2. The SMILES string of the molecule is CC(=O)Oc1ccccc1C=NC1OC[C@@H](O)[C@H](O)[C@@H]1O. The molecule has 0 spiro atoms. The second-order valence-corrected chi connectivity index (χ2v) is 4.68. The number of hydrogen-bond donors (Lipinski definition) is 3. The summed E-state index contributed by atoms with van der Waals surface area (Å²) in [6.45, 7) is 1.17. The maximum atomic E-state index is 11.0. The van der Waals surface area contributed by atoms with Gasteiger partial charge in [-0.1, -0.05) is 12.1 Å². The van der Waals surface area contributed by atoms with Gasteiger partial charge in [0.2, 0.25) is 0 Å². The maximum Gasteiger partial charge on any atom is 0.308 e. The number of benzene rings is 1. The van der Waals surface area contributed by atoms with E-state index in [2.05, 4.69) is 4.99 Å². The van der Waals surface area contributed by atoms with E-state index in [1.807, 2.05) is 0 Å². The van der Waals surface area contributed by atoms with E-state index in [4.69, 9.17) is 9.47 Å². The third kappa shape index (κ3) is 3.85. The molecule has 3 N–H and O–H groups in total. The van der Waals surface area contributed by atoms with Crippen LogP contribution >= 0.6 is 0 Å². The summed E-state index contributed by atoms with van der Waals surface area (Å²) in [4.78, 5) is 15.0. The van der Waals surface area contributed by atoms with Gasteiger partial charge < -0.3 is 24.8 Å². The van der Waals surface area contributed by atoms with Crippen molar-refractivity contribution in [2.75, 3.05) is 6.61 Å². The highest BCUT2D eigenvalue weighted by Gasteiger charge is 2.37. The third-order valence-electron chi connectivity index (χ3n) is 3.01. The monoisotopic (exact) mass is 295 g/mol. The molecule has 1 saturated heterocycles. The van der Waals surface area contributed by atoms with Crippen LogP contribution in [0.25, 0.3) is 0 Å². The molecule has 1 aliphatic heterocycles. The van der Waals surface area contributed by atoms with Crippen molar-refractivity contribution in [3.05, 3.63) is 29.8 Å². The van der Waals surface area contributed by atoms with Crippen LogP contribution in [-0.4, -0.2) is 58.7 Å².